The van der Waals surface area contributed by atoms with E-state index in [0.29, 0.717) is 4.68 Å². The van der Waals surface area contributed by atoms with Crippen molar-refractivity contribution in [3.63, 3.8) is 0 Å². The Balaban J connectivity index is 1.91. The van der Waals surface area contributed by atoms with Crippen LogP contribution in [0.5, 0.6) is 0 Å². The van der Waals surface area contributed by atoms with Crippen LogP contribution >= 0.6 is 0 Å². The highest BCUT2D eigenvalue weighted by atomic mass is 32.2. The molecule has 1 N–H and O–H groups in total. The number of carbonyl (C=O) groups is 1. The maximum absolute atomic E-state index is 13.6. The first-order chi connectivity index (χ1) is 14.5. The maximum atomic E-state index is 13.6. The van der Waals surface area contributed by atoms with E-state index in [1.807, 2.05) is 6.92 Å². The van der Waals surface area contributed by atoms with Crippen LogP contribution in [0.4, 0.5) is 18.9 Å². The van der Waals surface area contributed by atoms with Crippen LogP contribution in [0.25, 0.3) is 5.69 Å². The van der Waals surface area contributed by atoms with Gasteiger partial charge in [0, 0.05) is 5.69 Å². The average Bonchev–Trinajstić information content (AvgIpc) is 3.15. The van der Waals surface area contributed by atoms with Gasteiger partial charge >= 0.3 is 12.1 Å². The molecule has 3 rings (SSSR count). The number of alkyl halides is 3. The molecule has 7 nitrogen and oxygen atoms in total. The molecular formula is C20H18F3N3O4S. The number of ether oxygens (including phenoxy) is 1. The summed E-state index contributed by atoms with van der Waals surface area (Å²) in [5.74, 6) is -1.14. The second-order valence-corrected chi connectivity index (χ2v) is 8.18. The van der Waals surface area contributed by atoms with Crippen molar-refractivity contribution in [3.8, 4) is 5.69 Å². The number of esters is 1. The lowest BCUT2D eigenvalue weighted by molar-refractivity contribution is -0.143. The van der Waals surface area contributed by atoms with Crippen LogP contribution in [-0.4, -0.2) is 30.8 Å². The minimum Gasteiger partial charge on any atom is -0.462 e. The summed E-state index contributed by atoms with van der Waals surface area (Å²) in [4.78, 5) is 11.9. The molecule has 31 heavy (non-hydrogen) atoms. The van der Waals surface area contributed by atoms with Crippen LogP contribution in [-0.2, 0) is 20.9 Å². The van der Waals surface area contributed by atoms with Crippen molar-refractivity contribution >= 4 is 21.7 Å². The summed E-state index contributed by atoms with van der Waals surface area (Å²) in [6, 6.07) is 11.3. The predicted molar refractivity (Wildman–Crippen MR) is 107 cm³/mol. The number of carbonyl (C=O) groups excluding carboxylic acids is 1. The van der Waals surface area contributed by atoms with E-state index in [2.05, 4.69) is 14.6 Å². The minimum atomic E-state index is -4.87. The van der Waals surface area contributed by atoms with Gasteiger partial charge in [0.25, 0.3) is 10.0 Å². The predicted octanol–water partition coefficient (Wildman–Crippen LogP) is 4.18. The van der Waals surface area contributed by atoms with E-state index in [0.717, 1.165) is 11.8 Å². The first-order valence-corrected chi connectivity index (χ1v) is 10.5. The fraction of sp³-hybridized carbons (Fsp3) is 0.200. The molecule has 11 heteroatoms. The lowest BCUT2D eigenvalue weighted by Crippen LogP contribution is -2.18. The summed E-state index contributed by atoms with van der Waals surface area (Å²) in [6.07, 6.45) is -4.08. The number of anilines is 1. The Bertz CT molecular complexity index is 1190. The molecular weight excluding hydrogens is 435 g/mol. The SMILES string of the molecule is CCOC(=O)c1cnn(-c2ccc(NS(=O)(=O)c3ccc(C)cc3)cc2)c1C(F)(F)F. The smallest absolute Gasteiger partial charge is 0.434 e. The number of benzene rings is 2. The molecule has 0 amide bonds. The van der Waals surface area contributed by atoms with Crippen molar-refractivity contribution in [3.05, 3.63) is 71.5 Å². The van der Waals surface area contributed by atoms with Crippen LogP contribution in [0.15, 0.2) is 59.6 Å². The summed E-state index contributed by atoms with van der Waals surface area (Å²) >= 11 is 0. The number of nitrogens with one attached hydrogen (secondary N) is 1. The third-order valence-electron chi connectivity index (χ3n) is 4.23. The molecule has 2 aromatic carbocycles. The van der Waals surface area contributed by atoms with Crippen LogP contribution < -0.4 is 4.72 Å². The monoisotopic (exact) mass is 453 g/mol. The number of sulfonamides is 1. The van der Waals surface area contributed by atoms with E-state index in [9.17, 15) is 26.4 Å². The second-order valence-electron chi connectivity index (χ2n) is 6.50. The molecule has 0 aliphatic rings. The Hall–Kier alpha value is -3.34. The zero-order valence-electron chi connectivity index (χ0n) is 16.5. The van der Waals surface area contributed by atoms with E-state index >= 15 is 0 Å². The molecule has 0 radical (unpaired) electrons. The molecule has 0 saturated heterocycles. The Morgan fingerprint density at radius 1 is 1.10 bits per heavy atom. The fourth-order valence-corrected chi connectivity index (χ4v) is 3.84. The molecule has 0 unspecified atom stereocenters. The summed E-state index contributed by atoms with van der Waals surface area (Å²) in [6.45, 7) is 3.21. The van der Waals surface area contributed by atoms with E-state index < -0.39 is 33.4 Å². The van der Waals surface area contributed by atoms with Crippen molar-refractivity contribution < 1.29 is 31.1 Å². The third-order valence-corrected chi connectivity index (χ3v) is 5.63. The number of halogens is 3. The van der Waals surface area contributed by atoms with Crippen molar-refractivity contribution in [1.29, 1.82) is 0 Å². The van der Waals surface area contributed by atoms with E-state index in [4.69, 9.17) is 0 Å². The van der Waals surface area contributed by atoms with Crippen LogP contribution in [0, 0.1) is 6.92 Å². The van der Waals surface area contributed by atoms with E-state index in [-0.39, 0.29) is 22.9 Å². The molecule has 3 aromatic rings. The lowest BCUT2D eigenvalue weighted by Gasteiger charge is -2.13. The Kier molecular flexibility index (Phi) is 6.07. The van der Waals surface area contributed by atoms with Crippen molar-refractivity contribution in [2.75, 3.05) is 11.3 Å². The molecule has 0 atom stereocenters. The van der Waals surface area contributed by atoms with Gasteiger partial charge in [-0.05, 0) is 50.2 Å². The highest BCUT2D eigenvalue weighted by Crippen LogP contribution is 2.34. The van der Waals surface area contributed by atoms with Crippen LogP contribution in [0.3, 0.4) is 0 Å². The minimum absolute atomic E-state index is 0.0128. The normalized spacial score (nSPS) is 11.9. The summed E-state index contributed by atoms with van der Waals surface area (Å²) in [5.41, 5.74) is -0.959. The molecule has 0 aliphatic heterocycles. The Labute approximate surface area is 176 Å². The first kappa shape index (κ1) is 22.3. The molecule has 1 heterocycles. The highest BCUT2D eigenvalue weighted by Gasteiger charge is 2.41. The van der Waals surface area contributed by atoms with Gasteiger partial charge in [0.2, 0.25) is 0 Å². The zero-order chi connectivity index (χ0) is 22.8. The number of aromatic nitrogens is 2. The van der Waals surface area contributed by atoms with Gasteiger partial charge in [-0.3, -0.25) is 4.72 Å². The summed E-state index contributed by atoms with van der Waals surface area (Å²) in [5, 5.41) is 3.67. The van der Waals surface area contributed by atoms with Gasteiger partial charge in [0.15, 0.2) is 5.69 Å². The lowest BCUT2D eigenvalue weighted by atomic mass is 10.2. The fourth-order valence-electron chi connectivity index (χ4n) is 2.78. The molecule has 0 bridgehead atoms. The van der Waals surface area contributed by atoms with E-state index in [1.165, 1.54) is 43.3 Å². The molecule has 0 spiro atoms. The third kappa shape index (κ3) is 4.88. The summed E-state index contributed by atoms with van der Waals surface area (Å²) < 4.78 is 73.3. The van der Waals surface area contributed by atoms with Crippen molar-refractivity contribution in [1.82, 2.24) is 9.78 Å². The molecule has 0 aliphatic carbocycles. The number of aryl methyl sites for hydroxylation is 1. The number of rotatable bonds is 6. The standard InChI is InChI=1S/C20H18F3N3O4S/c1-3-30-19(27)17-12-24-26(18(17)20(21,22)23)15-8-6-14(7-9-15)25-31(28,29)16-10-4-13(2)5-11-16/h4-12,25H,3H2,1-2H3. The van der Waals surface area contributed by atoms with E-state index in [1.54, 1.807) is 12.1 Å². The number of nitrogens with zero attached hydrogens (tertiary/aromatic N) is 2. The Morgan fingerprint density at radius 2 is 1.71 bits per heavy atom. The average molecular weight is 453 g/mol. The second kappa shape index (κ2) is 8.42. The first-order valence-electron chi connectivity index (χ1n) is 9.05. The van der Waals surface area contributed by atoms with Gasteiger partial charge < -0.3 is 4.74 Å². The molecule has 1 aromatic heterocycles. The quantitative estimate of drug-likeness (QED) is 0.566. The Morgan fingerprint density at radius 3 is 2.26 bits per heavy atom. The molecule has 164 valence electrons. The number of hydrogen-bond acceptors (Lipinski definition) is 5. The highest BCUT2D eigenvalue weighted by molar-refractivity contribution is 7.92. The molecule has 0 fully saturated rings. The zero-order valence-corrected chi connectivity index (χ0v) is 17.3. The van der Waals surface area contributed by atoms with Crippen molar-refractivity contribution in [2.45, 2.75) is 24.9 Å². The van der Waals surface area contributed by atoms with Gasteiger partial charge in [-0.25, -0.2) is 17.9 Å². The van der Waals surface area contributed by atoms with Crippen LogP contribution in [0.2, 0.25) is 0 Å². The maximum Gasteiger partial charge on any atom is 0.434 e. The topological polar surface area (TPSA) is 90.3 Å². The molecule has 0 saturated carbocycles. The number of hydrogen-bond donors (Lipinski definition) is 1. The van der Waals surface area contributed by atoms with Gasteiger partial charge in [0.05, 0.1) is 23.4 Å². The largest absolute Gasteiger partial charge is 0.462 e. The summed E-state index contributed by atoms with van der Waals surface area (Å²) in [7, 11) is -3.87. The van der Waals surface area contributed by atoms with Crippen molar-refractivity contribution in [2.24, 2.45) is 0 Å². The van der Waals surface area contributed by atoms with Gasteiger partial charge in [-0.15, -0.1) is 0 Å². The van der Waals surface area contributed by atoms with Crippen LogP contribution in [0.1, 0.15) is 28.5 Å². The van der Waals surface area contributed by atoms with Gasteiger partial charge in [-0.1, -0.05) is 17.7 Å². The van der Waals surface area contributed by atoms with Gasteiger partial charge in [-0.2, -0.15) is 18.3 Å². The van der Waals surface area contributed by atoms with Gasteiger partial charge in [0.1, 0.15) is 5.56 Å².